The number of likely N-dealkylation sites (N-methyl/N-ethyl adjacent to an activating group) is 1. The monoisotopic (exact) mass is 269 g/mol. The van der Waals surface area contributed by atoms with Crippen molar-refractivity contribution in [2.75, 3.05) is 19.6 Å². The van der Waals surface area contributed by atoms with Gasteiger partial charge in [0.1, 0.15) is 0 Å². The van der Waals surface area contributed by atoms with Crippen molar-refractivity contribution >= 4 is 17.3 Å². The summed E-state index contributed by atoms with van der Waals surface area (Å²) in [7, 11) is 0. The Bertz CT molecular complexity index is 264. The second-order valence-electron chi connectivity index (χ2n) is 5.61. The highest BCUT2D eigenvalue weighted by atomic mass is 32.1. The molecule has 1 aliphatic heterocycles. The normalized spacial score (nSPS) is 26.2. The van der Waals surface area contributed by atoms with E-state index in [0.29, 0.717) is 12.1 Å². The summed E-state index contributed by atoms with van der Waals surface area (Å²) in [5, 5.41) is 7.76. The Balaban J connectivity index is 1.64. The Morgan fingerprint density at radius 3 is 2.67 bits per heavy atom. The quantitative estimate of drug-likeness (QED) is 0.766. The fourth-order valence-corrected chi connectivity index (χ4v) is 3.49. The number of thiocarbonyl (C=S) groups is 1. The van der Waals surface area contributed by atoms with Crippen LogP contribution in [-0.4, -0.2) is 41.7 Å². The van der Waals surface area contributed by atoms with Gasteiger partial charge in [-0.25, -0.2) is 0 Å². The van der Waals surface area contributed by atoms with Gasteiger partial charge >= 0.3 is 0 Å². The Kier molecular flexibility index (Phi) is 5.70. The summed E-state index contributed by atoms with van der Waals surface area (Å²) in [6.07, 6.45) is 9.32. The van der Waals surface area contributed by atoms with Gasteiger partial charge < -0.3 is 10.6 Å². The number of nitrogens with zero attached hydrogens (tertiary/aromatic N) is 1. The SMILES string of the molecule is CCN1CCCC1CNC(=S)NC1CCCCC1. The van der Waals surface area contributed by atoms with E-state index in [1.807, 2.05) is 0 Å². The molecule has 0 amide bonds. The molecule has 2 rings (SSSR count). The number of rotatable bonds is 4. The van der Waals surface area contributed by atoms with Crippen molar-refractivity contribution in [3.05, 3.63) is 0 Å². The van der Waals surface area contributed by atoms with Crippen molar-refractivity contribution in [1.82, 2.24) is 15.5 Å². The maximum atomic E-state index is 5.40. The molecular weight excluding hydrogens is 242 g/mol. The lowest BCUT2D eigenvalue weighted by molar-refractivity contribution is 0.267. The molecule has 0 spiro atoms. The molecule has 0 aromatic rings. The average molecular weight is 269 g/mol. The lowest BCUT2D eigenvalue weighted by Crippen LogP contribution is -2.47. The van der Waals surface area contributed by atoms with Crippen LogP contribution in [0.15, 0.2) is 0 Å². The summed E-state index contributed by atoms with van der Waals surface area (Å²) in [4.78, 5) is 2.55. The summed E-state index contributed by atoms with van der Waals surface area (Å²) in [5.41, 5.74) is 0. The Morgan fingerprint density at radius 1 is 1.17 bits per heavy atom. The van der Waals surface area contributed by atoms with Crippen LogP contribution in [0.2, 0.25) is 0 Å². The third-order valence-electron chi connectivity index (χ3n) is 4.34. The van der Waals surface area contributed by atoms with Crippen LogP contribution in [0.4, 0.5) is 0 Å². The van der Waals surface area contributed by atoms with Gasteiger partial charge in [0, 0.05) is 18.6 Å². The molecular formula is C14H27N3S. The highest BCUT2D eigenvalue weighted by molar-refractivity contribution is 7.80. The summed E-state index contributed by atoms with van der Waals surface area (Å²) in [6, 6.07) is 1.30. The maximum Gasteiger partial charge on any atom is 0.166 e. The molecule has 1 saturated carbocycles. The van der Waals surface area contributed by atoms with E-state index in [1.54, 1.807) is 0 Å². The molecule has 1 atom stereocenters. The number of hydrogen-bond acceptors (Lipinski definition) is 2. The molecule has 0 radical (unpaired) electrons. The zero-order valence-corrected chi connectivity index (χ0v) is 12.4. The van der Waals surface area contributed by atoms with Gasteiger partial charge in [-0.1, -0.05) is 26.2 Å². The minimum atomic E-state index is 0.615. The maximum absolute atomic E-state index is 5.40. The predicted molar refractivity (Wildman–Crippen MR) is 80.9 cm³/mol. The van der Waals surface area contributed by atoms with Crippen LogP contribution in [0.3, 0.4) is 0 Å². The van der Waals surface area contributed by atoms with E-state index < -0.39 is 0 Å². The van der Waals surface area contributed by atoms with Crippen LogP contribution in [0, 0.1) is 0 Å². The lowest BCUT2D eigenvalue weighted by atomic mass is 9.96. The van der Waals surface area contributed by atoms with E-state index in [9.17, 15) is 0 Å². The molecule has 18 heavy (non-hydrogen) atoms. The molecule has 4 heteroatoms. The summed E-state index contributed by atoms with van der Waals surface area (Å²) in [5.74, 6) is 0. The molecule has 1 aliphatic carbocycles. The van der Waals surface area contributed by atoms with Crippen LogP contribution in [0.5, 0.6) is 0 Å². The molecule has 2 N–H and O–H groups in total. The Hall–Kier alpha value is -0.350. The number of hydrogen-bond donors (Lipinski definition) is 2. The first-order chi connectivity index (χ1) is 8.79. The van der Waals surface area contributed by atoms with Crippen LogP contribution < -0.4 is 10.6 Å². The third-order valence-corrected chi connectivity index (χ3v) is 4.61. The van der Waals surface area contributed by atoms with Crippen LogP contribution in [-0.2, 0) is 0 Å². The Labute approximate surface area is 117 Å². The first-order valence-corrected chi connectivity index (χ1v) is 7.99. The van der Waals surface area contributed by atoms with Gasteiger partial charge in [-0.15, -0.1) is 0 Å². The van der Waals surface area contributed by atoms with Gasteiger partial charge in [-0.3, -0.25) is 4.90 Å². The topological polar surface area (TPSA) is 27.3 Å². The van der Waals surface area contributed by atoms with E-state index in [0.717, 1.165) is 18.2 Å². The first-order valence-electron chi connectivity index (χ1n) is 7.58. The smallest absolute Gasteiger partial charge is 0.166 e. The van der Waals surface area contributed by atoms with Gasteiger partial charge in [0.2, 0.25) is 0 Å². The van der Waals surface area contributed by atoms with Gasteiger partial charge in [0.15, 0.2) is 5.11 Å². The van der Waals surface area contributed by atoms with Crippen LogP contribution >= 0.6 is 12.2 Å². The molecule has 2 aliphatic rings. The molecule has 1 saturated heterocycles. The van der Waals surface area contributed by atoms with Crippen molar-refractivity contribution in [1.29, 1.82) is 0 Å². The minimum Gasteiger partial charge on any atom is -0.361 e. The molecule has 0 bridgehead atoms. The fourth-order valence-electron chi connectivity index (χ4n) is 3.24. The zero-order chi connectivity index (χ0) is 12.8. The summed E-state index contributed by atoms with van der Waals surface area (Å²) < 4.78 is 0. The molecule has 2 fully saturated rings. The molecule has 1 unspecified atom stereocenters. The molecule has 104 valence electrons. The molecule has 0 aromatic heterocycles. The van der Waals surface area contributed by atoms with Gasteiger partial charge in [0.05, 0.1) is 0 Å². The predicted octanol–water partition coefficient (Wildman–Crippen LogP) is 2.27. The standard InChI is InChI=1S/C14H27N3S/c1-2-17-10-6-9-13(17)11-15-14(18)16-12-7-4-3-5-8-12/h12-13H,2-11H2,1H3,(H2,15,16,18). The second-order valence-corrected chi connectivity index (χ2v) is 6.02. The molecule has 1 heterocycles. The Morgan fingerprint density at radius 2 is 1.94 bits per heavy atom. The van der Waals surface area contributed by atoms with Crippen molar-refractivity contribution in [2.45, 2.75) is 64.0 Å². The van der Waals surface area contributed by atoms with Crippen molar-refractivity contribution in [3.63, 3.8) is 0 Å². The van der Waals surface area contributed by atoms with Gasteiger partial charge in [0.25, 0.3) is 0 Å². The van der Waals surface area contributed by atoms with Crippen LogP contribution in [0.25, 0.3) is 0 Å². The third kappa shape index (κ3) is 4.09. The number of likely N-dealkylation sites (tertiary alicyclic amines) is 1. The van der Waals surface area contributed by atoms with Crippen LogP contribution in [0.1, 0.15) is 51.9 Å². The van der Waals surface area contributed by atoms with E-state index in [4.69, 9.17) is 12.2 Å². The number of nitrogens with one attached hydrogen (secondary N) is 2. The van der Waals surface area contributed by atoms with Crippen molar-refractivity contribution in [3.8, 4) is 0 Å². The van der Waals surface area contributed by atoms with E-state index in [2.05, 4.69) is 22.5 Å². The molecule has 0 aromatic carbocycles. The lowest BCUT2D eigenvalue weighted by Gasteiger charge is -2.27. The van der Waals surface area contributed by atoms with Crippen molar-refractivity contribution in [2.24, 2.45) is 0 Å². The van der Waals surface area contributed by atoms with Gasteiger partial charge in [-0.2, -0.15) is 0 Å². The second kappa shape index (κ2) is 7.29. The average Bonchev–Trinajstić information content (AvgIpc) is 2.85. The first kappa shape index (κ1) is 14.1. The highest BCUT2D eigenvalue weighted by Gasteiger charge is 2.23. The zero-order valence-electron chi connectivity index (χ0n) is 11.6. The van der Waals surface area contributed by atoms with E-state index >= 15 is 0 Å². The minimum absolute atomic E-state index is 0.615. The molecule has 3 nitrogen and oxygen atoms in total. The van der Waals surface area contributed by atoms with Gasteiger partial charge in [-0.05, 0) is 51.0 Å². The highest BCUT2D eigenvalue weighted by Crippen LogP contribution is 2.17. The largest absolute Gasteiger partial charge is 0.361 e. The van der Waals surface area contributed by atoms with Crippen molar-refractivity contribution < 1.29 is 0 Å². The summed E-state index contributed by atoms with van der Waals surface area (Å²) >= 11 is 5.40. The summed E-state index contributed by atoms with van der Waals surface area (Å²) in [6.45, 7) is 5.67. The van der Waals surface area contributed by atoms with E-state index in [-0.39, 0.29) is 0 Å². The fraction of sp³-hybridized carbons (Fsp3) is 0.929. The van der Waals surface area contributed by atoms with E-state index in [1.165, 1.54) is 51.5 Å².